The minimum absolute atomic E-state index is 0.449. The van der Waals surface area contributed by atoms with E-state index in [2.05, 4.69) is 5.10 Å². The van der Waals surface area contributed by atoms with E-state index in [1.807, 2.05) is 6.07 Å². The third kappa shape index (κ3) is 1.74. The Hall–Kier alpha value is -1.01. The van der Waals surface area contributed by atoms with Gasteiger partial charge >= 0.3 is 0 Å². The highest BCUT2D eigenvalue weighted by Gasteiger charge is 2.01. The van der Waals surface area contributed by atoms with Crippen LogP contribution < -0.4 is 0 Å². The summed E-state index contributed by atoms with van der Waals surface area (Å²) in [6.45, 7) is 0.449. The Morgan fingerprint density at radius 2 is 2.60 bits per heavy atom. The molecule has 1 aromatic rings. The Kier molecular flexibility index (Phi) is 2.30. The number of nitrogens with zero attached hydrogens (tertiary/aromatic N) is 3. The molecule has 0 fully saturated rings. The van der Waals surface area contributed by atoms with Crippen molar-refractivity contribution in [3.63, 3.8) is 0 Å². The maximum atomic E-state index is 8.31. The van der Waals surface area contributed by atoms with Crippen molar-refractivity contribution in [2.75, 3.05) is 0 Å². The van der Waals surface area contributed by atoms with Gasteiger partial charge in [-0.25, -0.2) is 0 Å². The van der Waals surface area contributed by atoms with Crippen LogP contribution in [0.15, 0.2) is 18.5 Å². The number of rotatable bonds is 2. The van der Waals surface area contributed by atoms with E-state index in [0.29, 0.717) is 6.54 Å². The topological polar surface area (TPSA) is 41.6 Å². The molecule has 0 aliphatic carbocycles. The average molecular weight is 156 g/mol. The van der Waals surface area contributed by atoms with Crippen LogP contribution in [0.5, 0.6) is 0 Å². The summed E-state index contributed by atoms with van der Waals surface area (Å²) >= 11 is 5.53. The fourth-order valence-electron chi connectivity index (χ4n) is 0.614. The van der Waals surface area contributed by atoms with Crippen LogP contribution in [0.2, 0.25) is 0 Å². The third-order valence-electron chi connectivity index (χ3n) is 1.05. The maximum Gasteiger partial charge on any atom is 0.140 e. The zero-order valence-electron chi connectivity index (χ0n) is 5.24. The first-order valence-corrected chi connectivity index (χ1v) is 3.27. The highest BCUT2D eigenvalue weighted by atomic mass is 35.5. The van der Waals surface area contributed by atoms with Crippen molar-refractivity contribution >= 4 is 11.6 Å². The van der Waals surface area contributed by atoms with Gasteiger partial charge in [0.1, 0.15) is 5.38 Å². The number of hydrogen-bond acceptors (Lipinski definition) is 2. The van der Waals surface area contributed by atoms with Crippen molar-refractivity contribution in [3.8, 4) is 6.07 Å². The van der Waals surface area contributed by atoms with Gasteiger partial charge in [-0.15, -0.1) is 11.6 Å². The van der Waals surface area contributed by atoms with E-state index < -0.39 is 5.38 Å². The summed E-state index contributed by atoms with van der Waals surface area (Å²) in [6.07, 6.45) is 3.42. The largest absolute Gasteiger partial charge is 0.270 e. The van der Waals surface area contributed by atoms with Gasteiger partial charge in [-0.1, -0.05) is 0 Å². The van der Waals surface area contributed by atoms with E-state index in [4.69, 9.17) is 16.9 Å². The Labute approximate surface area is 63.8 Å². The molecular formula is C6H6ClN3. The molecule has 0 spiro atoms. The quantitative estimate of drug-likeness (QED) is 0.599. The van der Waals surface area contributed by atoms with Crippen LogP contribution >= 0.6 is 11.6 Å². The monoisotopic (exact) mass is 155 g/mol. The van der Waals surface area contributed by atoms with Gasteiger partial charge in [-0.05, 0) is 6.07 Å². The normalized spacial score (nSPS) is 12.4. The molecule has 0 aliphatic heterocycles. The molecule has 0 aliphatic rings. The Balaban J connectivity index is 2.50. The lowest BCUT2D eigenvalue weighted by atomic mass is 10.5. The summed E-state index contributed by atoms with van der Waals surface area (Å²) in [5.41, 5.74) is 0. The molecule has 10 heavy (non-hydrogen) atoms. The van der Waals surface area contributed by atoms with Gasteiger partial charge < -0.3 is 0 Å². The van der Waals surface area contributed by atoms with Crippen molar-refractivity contribution < 1.29 is 0 Å². The number of alkyl halides is 1. The summed E-state index contributed by atoms with van der Waals surface area (Å²) in [6, 6.07) is 3.70. The fourth-order valence-corrected chi connectivity index (χ4v) is 0.755. The van der Waals surface area contributed by atoms with Gasteiger partial charge in [0.25, 0.3) is 0 Å². The van der Waals surface area contributed by atoms with Crippen molar-refractivity contribution in [1.82, 2.24) is 9.78 Å². The number of nitriles is 1. The van der Waals surface area contributed by atoms with Gasteiger partial charge in [-0.2, -0.15) is 10.4 Å². The van der Waals surface area contributed by atoms with E-state index in [-0.39, 0.29) is 0 Å². The van der Waals surface area contributed by atoms with Crippen LogP contribution in [0.25, 0.3) is 0 Å². The third-order valence-corrected chi connectivity index (χ3v) is 1.28. The standard InChI is InChI=1S/C6H6ClN3/c7-6(4-8)5-10-3-1-2-9-10/h1-3,6H,5H2. The molecule has 0 aromatic carbocycles. The lowest BCUT2D eigenvalue weighted by Crippen LogP contribution is -2.08. The molecule has 52 valence electrons. The molecule has 1 aromatic heterocycles. The zero-order chi connectivity index (χ0) is 7.40. The minimum atomic E-state index is -0.486. The van der Waals surface area contributed by atoms with Crippen molar-refractivity contribution in [2.45, 2.75) is 11.9 Å². The van der Waals surface area contributed by atoms with E-state index >= 15 is 0 Å². The van der Waals surface area contributed by atoms with E-state index in [0.717, 1.165) is 0 Å². The van der Waals surface area contributed by atoms with Crippen LogP contribution in [0, 0.1) is 11.3 Å². The molecule has 0 saturated carbocycles. The fraction of sp³-hybridized carbons (Fsp3) is 0.333. The van der Waals surface area contributed by atoms with E-state index in [9.17, 15) is 0 Å². The summed E-state index contributed by atoms with van der Waals surface area (Å²) < 4.78 is 1.63. The van der Waals surface area contributed by atoms with Crippen LogP contribution in [0.4, 0.5) is 0 Å². The second kappa shape index (κ2) is 3.23. The van der Waals surface area contributed by atoms with E-state index in [1.54, 1.807) is 23.1 Å². The summed E-state index contributed by atoms with van der Waals surface area (Å²) in [4.78, 5) is 0. The smallest absolute Gasteiger partial charge is 0.140 e. The molecule has 1 heterocycles. The average Bonchev–Trinajstić information content (AvgIpc) is 2.40. The van der Waals surface area contributed by atoms with Gasteiger partial charge in [0.05, 0.1) is 12.6 Å². The summed E-state index contributed by atoms with van der Waals surface area (Å²) in [5.74, 6) is 0. The van der Waals surface area contributed by atoms with Gasteiger partial charge in [0, 0.05) is 12.4 Å². The first-order chi connectivity index (χ1) is 4.83. The van der Waals surface area contributed by atoms with Crippen LogP contribution in [0.3, 0.4) is 0 Å². The van der Waals surface area contributed by atoms with Crippen molar-refractivity contribution in [3.05, 3.63) is 18.5 Å². The molecule has 3 nitrogen and oxygen atoms in total. The Morgan fingerprint density at radius 1 is 1.80 bits per heavy atom. The minimum Gasteiger partial charge on any atom is -0.270 e. The van der Waals surface area contributed by atoms with Crippen LogP contribution in [-0.4, -0.2) is 15.2 Å². The number of aromatic nitrogens is 2. The first-order valence-electron chi connectivity index (χ1n) is 2.84. The number of hydrogen-bond donors (Lipinski definition) is 0. The predicted molar refractivity (Wildman–Crippen MR) is 37.5 cm³/mol. The van der Waals surface area contributed by atoms with Gasteiger partial charge in [0.15, 0.2) is 0 Å². The van der Waals surface area contributed by atoms with Gasteiger partial charge in [0.2, 0.25) is 0 Å². The Bertz CT molecular complexity index is 224. The molecule has 4 heteroatoms. The van der Waals surface area contributed by atoms with E-state index in [1.165, 1.54) is 0 Å². The first kappa shape index (κ1) is 7.10. The SMILES string of the molecule is N#CC(Cl)Cn1cccn1. The van der Waals surface area contributed by atoms with Crippen LogP contribution in [0.1, 0.15) is 0 Å². The summed E-state index contributed by atoms with van der Waals surface area (Å²) in [7, 11) is 0. The lowest BCUT2D eigenvalue weighted by Gasteiger charge is -1.98. The second-order valence-corrected chi connectivity index (χ2v) is 2.35. The number of halogens is 1. The zero-order valence-corrected chi connectivity index (χ0v) is 5.99. The molecule has 1 atom stereocenters. The molecule has 0 radical (unpaired) electrons. The second-order valence-electron chi connectivity index (χ2n) is 1.82. The van der Waals surface area contributed by atoms with Crippen LogP contribution in [-0.2, 0) is 6.54 Å². The van der Waals surface area contributed by atoms with Crippen molar-refractivity contribution in [1.29, 1.82) is 5.26 Å². The Morgan fingerprint density at radius 3 is 3.10 bits per heavy atom. The molecule has 1 unspecified atom stereocenters. The lowest BCUT2D eigenvalue weighted by molar-refractivity contribution is 0.632. The molecule has 0 amide bonds. The molecule has 0 N–H and O–H groups in total. The highest BCUT2D eigenvalue weighted by molar-refractivity contribution is 6.22. The van der Waals surface area contributed by atoms with Crippen molar-refractivity contribution in [2.24, 2.45) is 0 Å². The highest BCUT2D eigenvalue weighted by Crippen LogP contribution is 1.96. The van der Waals surface area contributed by atoms with Gasteiger partial charge in [-0.3, -0.25) is 4.68 Å². The summed E-state index contributed by atoms with van der Waals surface area (Å²) in [5, 5.41) is 11.7. The molecular weight excluding hydrogens is 150 g/mol. The molecule has 0 bridgehead atoms. The predicted octanol–water partition coefficient (Wildman–Crippen LogP) is 1.01. The molecule has 0 saturated heterocycles. The maximum absolute atomic E-state index is 8.31. The molecule has 1 rings (SSSR count).